The molecule has 4 nitrogen and oxygen atoms in total. The summed E-state index contributed by atoms with van der Waals surface area (Å²) in [5, 5.41) is 6.10. The van der Waals surface area contributed by atoms with Crippen LogP contribution in [0.3, 0.4) is 0 Å². The van der Waals surface area contributed by atoms with Crippen LogP contribution in [0.2, 0.25) is 0 Å². The number of aromatic nitrogens is 2. The van der Waals surface area contributed by atoms with Crippen LogP contribution in [0.4, 0.5) is 16.0 Å². The lowest BCUT2D eigenvalue weighted by Gasteiger charge is -2.15. The number of halogens is 1. The van der Waals surface area contributed by atoms with Gasteiger partial charge in [0.1, 0.15) is 17.5 Å². The van der Waals surface area contributed by atoms with Gasteiger partial charge in [-0.05, 0) is 24.6 Å². The molecule has 1 aromatic carbocycles. The number of hydrogen-bond acceptors (Lipinski definition) is 4. The first-order valence-corrected chi connectivity index (χ1v) is 5.71. The summed E-state index contributed by atoms with van der Waals surface area (Å²) in [6, 6.07) is 6.46. The van der Waals surface area contributed by atoms with E-state index in [0.717, 1.165) is 5.56 Å². The van der Waals surface area contributed by atoms with Gasteiger partial charge in [-0.15, -0.1) is 0 Å². The smallest absolute Gasteiger partial charge is 0.147 e. The number of nitrogens with one attached hydrogen (secondary N) is 2. The highest BCUT2D eigenvalue weighted by atomic mass is 19.1. The molecular formula is C13H15FN4. The number of nitrogens with zero attached hydrogens (tertiary/aromatic N) is 2. The second-order valence-corrected chi connectivity index (χ2v) is 3.96. The van der Waals surface area contributed by atoms with Crippen molar-refractivity contribution in [2.45, 2.75) is 13.0 Å². The maximum Gasteiger partial charge on any atom is 0.147 e. The van der Waals surface area contributed by atoms with Gasteiger partial charge in [0.2, 0.25) is 0 Å². The maximum absolute atomic E-state index is 13.1. The molecule has 1 heterocycles. The minimum Gasteiger partial charge on any atom is -0.372 e. The highest BCUT2D eigenvalue weighted by Crippen LogP contribution is 2.18. The van der Waals surface area contributed by atoms with Crippen molar-refractivity contribution in [2.75, 3.05) is 17.7 Å². The van der Waals surface area contributed by atoms with Crippen molar-refractivity contribution in [1.29, 1.82) is 0 Å². The molecule has 1 atom stereocenters. The lowest BCUT2D eigenvalue weighted by atomic mass is 10.1. The predicted octanol–water partition coefficient (Wildman–Crippen LogP) is 2.83. The number of rotatable bonds is 4. The SMILES string of the molecule is CNc1cncc(NC(C)c2cccc(F)c2)n1. The molecule has 1 aromatic heterocycles. The van der Waals surface area contributed by atoms with Crippen molar-refractivity contribution in [3.8, 4) is 0 Å². The highest BCUT2D eigenvalue weighted by Gasteiger charge is 2.07. The van der Waals surface area contributed by atoms with Crippen molar-refractivity contribution in [3.05, 3.63) is 48.0 Å². The van der Waals surface area contributed by atoms with Crippen molar-refractivity contribution >= 4 is 11.6 Å². The quantitative estimate of drug-likeness (QED) is 0.871. The Kier molecular flexibility index (Phi) is 3.72. The molecule has 2 rings (SSSR count). The summed E-state index contributed by atoms with van der Waals surface area (Å²) in [6.07, 6.45) is 3.27. The summed E-state index contributed by atoms with van der Waals surface area (Å²) in [7, 11) is 1.78. The van der Waals surface area contributed by atoms with Crippen molar-refractivity contribution in [3.63, 3.8) is 0 Å². The molecule has 18 heavy (non-hydrogen) atoms. The Balaban J connectivity index is 2.13. The standard InChI is InChI=1S/C13H15FN4/c1-9(10-4-3-5-11(14)6-10)17-13-8-16-7-12(15-2)18-13/h3-9H,1-2H3,(H2,15,17,18). The Morgan fingerprint density at radius 3 is 2.72 bits per heavy atom. The number of anilines is 2. The van der Waals surface area contributed by atoms with Crippen molar-refractivity contribution < 1.29 is 4.39 Å². The summed E-state index contributed by atoms with van der Waals surface area (Å²) in [5.74, 6) is 1.10. The molecule has 0 saturated heterocycles. The molecule has 0 aliphatic heterocycles. The van der Waals surface area contributed by atoms with E-state index in [2.05, 4.69) is 20.6 Å². The lowest BCUT2D eigenvalue weighted by Crippen LogP contribution is -2.09. The monoisotopic (exact) mass is 246 g/mol. The van der Waals surface area contributed by atoms with Crippen LogP contribution in [0.5, 0.6) is 0 Å². The van der Waals surface area contributed by atoms with Crippen LogP contribution in [0, 0.1) is 5.82 Å². The Hall–Kier alpha value is -2.17. The predicted molar refractivity (Wildman–Crippen MR) is 70.0 cm³/mol. The van der Waals surface area contributed by atoms with Crippen LogP contribution in [-0.4, -0.2) is 17.0 Å². The third-order valence-corrected chi connectivity index (χ3v) is 2.60. The Labute approximate surface area is 105 Å². The van der Waals surface area contributed by atoms with Gasteiger partial charge in [-0.25, -0.2) is 9.37 Å². The second-order valence-electron chi connectivity index (χ2n) is 3.96. The fourth-order valence-corrected chi connectivity index (χ4v) is 1.64. The van der Waals surface area contributed by atoms with E-state index in [4.69, 9.17) is 0 Å². The molecule has 0 spiro atoms. The van der Waals surface area contributed by atoms with Gasteiger partial charge in [0.25, 0.3) is 0 Å². The van der Waals surface area contributed by atoms with E-state index in [-0.39, 0.29) is 11.9 Å². The third kappa shape index (κ3) is 2.94. The van der Waals surface area contributed by atoms with Crippen LogP contribution in [0.25, 0.3) is 0 Å². The molecule has 94 valence electrons. The summed E-state index contributed by atoms with van der Waals surface area (Å²) in [5.41, 5.74) is 0.867. The van der Waals surface area contributed by atoms with E-state index in [0.29, 0.717) is 11.6 Å². The van der Waals surface area contributed by atoms with Crippen LogP contribution in [-0.2, 0) is 0 Å². The Morgan fingerprint density at radius 1 is 1.22 bits per heavy atom. The summed E-state index contributed by atoms with van der Waals surface area (Å²) >= 11 is 0. The molecule has 0 bridgehead atoms. The van der Waals surface area contributed by atoms with E-state index < -0.39 is 0 Å². The summed E-state index contributed by atoms with van der Waals surface area (Å²) < 4.78 is 13.1. The van der Waals surface area contributed by atoms with Crippen molar-refractivity contribution in [2.24, 2.45) is 0 Å². The zero-order valence-corrected chi connectivity index (χ0v) is 10.3. The molecule has 0 fully saturated rings. The van der Waals surface area contributed by atoms with E-state index in [1.54, 1.807) is 25.5 Å². The van der Waals surface area contributed by atoms with E-state index in [9.17, 15) is 4.39 Å². The highest BCUT2D eigenvalue weighted by molar-refractivity contribution is 5.42. The van der Waals surface area contributed by atoms with Gasteiger partial charge < -0.3 is 10.6 Å². The van der Waals surface area contributed by atoms with Crippen molar-refractivity contribution in [1.82, 2.24) is 9.97 Å². The molecule has 0 aliphatic carbocycles. The maximum atomic E-state index is 13.1. The second kappa shape index (κ2) is 5.44. The van der Waals surface area contributed by atoms with Gasteiger partial charge in [0, 0.05) is 7.05 Å². The number of hydrogen-bond donors (Lipinski definition) is 2. The number of benzene rings is 1. The van der Waals surface area contributed by atoms with Gasteiger partial charge in [0.05, 0.1) is 18.4 Å². The molecule has 1 unspecified atom stereocenters. The van der Waals surface area contributed by atoms with Gasteiger partial charge in [-0.1, -0.05) is 12.1 Å². The molecule has 0 radical (unpaired) electrons. The zero-order valence-electron chi connectivity index (χ0n) is 10.3. The fourth-order valence-electron chi connectivity index (χ4n) is 1.64. The first-order chi connectivity index (χ1) is 8.69. The van der Waals surface area contributed by atoms with Gasteiger partial charge in [-0.2, -0.15) is 0 Å². The normalized spacial score (nSPS) is 11.9. The average Bonchev–Trinajstić information content (AvgIpc) is 2.39. The Bertz CT molecular complexity index is 530. The van der Waals surface area contributed by atoms with E-state index in [1.807, 2.05) is 13.0 Å². The minimum absolute atomic E-state index is 0.0397. The minimum atomic E-state index is -0.240. The first-order valence-electron chi connectivity index (χ1n) is 5.71. The van der Waals surface area contributed by atoms with Crippen LogP contribution < -0.4 is 10.6 Å². The van der Waals surface area contributed by atoms with Crippen LogP contribution in [0.1, 0.15) is 18.5 Å². The van der Waals surface area contributed by atoms with Gasteiger partial charge >= 0.3 is 0 Å². The molecule has 2 aromatic rings. The third-order valence-electron chi connectivity index (χ3n) is 2.60. The molecule has 0 aliphatic rings. The average molecular weight is 246 g/mol. The Morgan fingerprint density at radius 2 is 2.00 bits per heavy atom. The molecule has 0 amide bonds. The van der Waals surface area contributed by atoms with Crippen LogP contribution in [0.15, 0.2) is 36.7 Å². The van der Waals surface area contributed by atoms with E-state index >= 15 is 0 Å². The van der Waals surface area contributed by atoms with E-state index in [1.165, 1.54) is 12.1 Å². The fraction of sp³-hybridized carbons (Fsp3) is 0.231. The van der Waals surface area contributed by atoms with Gasteiger partial charge in [0.15, 0.2) is 0 Å². The first kappa shape index (κ1) is 12.3. The zero-order chi connectivity index (χ0) is 13.0. The topological polar surface area (TPSA) is 49.8 Å². The molecule has 0 saturated carbocycles. The largest absolute Gasteiger partial charge is 0.372 e. The summed E-state index contributed by atoms with van der Waals surface area (Å²) in [4.78, 5) is 8.36. The van der Waals surface area contributed by atoms with Gasteiger partial charge in [-0.3, -0.25) is 4.98 Å². The molecular weight excluding hydrogens is 231 g/mol. The molecule has 2 N–H and O–H groups in total. The lowest BCUT2D eigenvalue weighted by molar-refractivity contribution is 0.623. The molecule has 5 heteroatoms. The van der Waals surface area contributed by atoms with Crippen LogP contribution >= 0.6 is 0 Å². The summed E-state index contributed by atoms with van der Waals surface area (Å²) in [6.45, 7) is 1.95.